The first-order valence-electron chi connectivity index (χ1n) is 8.73. The molecule has 0 aliphatic heterocycles. The fraction of sp³-hybridized carbons (Fsp3) is 0.500. The summed E-state index contributed by atoms with van der Waals surface area (Å²) >= 11 is 7.88. The lowest BCUT2D eigenvalue weighted by molar-refractivity contribution is 0.0997. The first-order valence-corrected chi connectivity index (χ1v) is 9.93. The van der Waals surface area contributed by atoms with Crippen molar-refractivity contribution >= 4 is 28.8 Å². The van der Waals surface area contributed by atoms with Crippen molar-refractivity contribution < 1.29 is 4.79 Å². The first kappa shape index (κ1) is 18.4. The number of amides is 1. The van der Waals surface area contributed by atoms with Gasteiger partial charge < -0.3 is 4.57 Å². The van der Waals surface area contributed by atoms with Crippen molar-refractivity contribution in [2.75, 3.05) is 0 Å². The average Bonchev–Trinajstić information content (AvgIpc) is 3.25. The Morgan fingerprint density at radius 3 is 2.56 bits per heavy atom. The van der Waals surface area contributed by atoms with Gasteiger partial charge in [-0.1, -0.05) is 44.5 Å². The summed E-state index contributed by atoms with van der Waals surface area (Å²) in [5.41, 5.74) is 2.63. The van der Waals surface area contributed by atoms with Crippen molar-refractivity contribution in [1.29, 1.82) is 0 Å². The summed E-state index contributed by atoms with van der Waals surface area (Å²) in [6, 6.07) is 5.50. The maximum absolute atomic E-state index is 12.8. The van der Waals surface area contributed by atoms with E-state index in [1.54, 1.807) is 17.4 Å². The van der Waals surface area contributed by atoms with Crippen molar-refractivity contribution in [1.82, 2.24) is 4.57 Å². The smallest absolute Gasteiger partial charge is 0.281 e. The summed E-state index contributed by atoms with van der Waals surface area (Å²) in [6.07, 6.45) is 2.54. The van der Waals surface area contributed by atoms with Gasteiger partial charge in [0.15, 0.2) is 4.80 Å². The van der Waals surface area contributed by atoms with Crippen LogP contribution in [0.15, 0.2) is 23.2 Å². The molecule has 1 amide bonds. The standard InChI is InChI=1S/C20H25ClN2OS/c1-12-7-6-8-15(21)16(12)18(24)22-19-23(11-14-9-10-14)13(2)17(25-19)20(3,4)5/h6-8,14H,9-11H2,1-5H3/b22-19-. The molecule has 0 saturated heterocycles. The number of rotatable bonds is 3. The minimum absolute atomic E-state index is 0.0389. The molecule has 1 aromatic carbocycles. The monoisotopic (exact) mass is 376 g/mol. The van der Waals surface area contributed by atoms with E-state index in [1.807, 2.05) is 19.1 Å². The third kappa shape index (κ3) is 3.90. The Labute approximate surface area is 158 Å². The largest absolute Gasteiger partial charge is 0.320 e. The van der Waals surface area contributed by atoms with Crippen LogP contribution in [-0.4, -0.2) is 10.5 Å². The molecule has 2 aromatic rings. The zero-order valence-corrected chi connectivity index (χ0v) is 17.1. The molecular formula is C20H25ClN2OS. The van der Waals surface area contributed by atoms with E-state index in [9.17, 15) is 4.79 Å². The van der Waals surface area contributed by atoms with Gasteiger partial charge in [0.05, 0.1) is 10.6 Å². The van der Waals surface area contributed by atoms with Gasteiger partial charge in [0.25, 0.3) is 5.91 Å². The highest BCUT2D eigenvalue weighted by Gasteiger charge is 2.27. The number of benzene rings is 1. The predicted octanol–water partition coefficient (Wildman–Crippen LogP) is 5.27. The Morgan fingerprint density at radius 1 is 1.32 bits per heavy atom. The van der Waals surface area contributed by atoms with E-state index in [4.69, 9.17) is 11.6 Å². The molecule has 25 heavy (non-hydrogen) atoms. The molecule has 1 heterocycles. The van der Waals surface area contributed by atoms with Gasteiger partial charge in [-0.05, 0) is 49.7 Å². The normalized spacial score (nSPS) is 15.7. The van der Waals surface area contributed by atoms with Crippen molar-refractivity contribution in [3.63, 3.8) is 0 Å². The molecule has 3 nitrogen and oxygen atoms in total. The molecule has 0 bridgehead atoms. The number of aryl methyl sites for hydroxylation is 1. The van der Waals surface area contributed by atoms with Crippen LogP contribution in [0.25, 0.3) is 0 Å². The Bertz CT molecular complexity index is 862. The number of thiazole rings is 1. The van der Waals surface area contributed by atoms with Crippen LogP contribution < -0.4 is 4.80 Å². The molecular weight excluding hydrogens is 352 g/mol. The van der Waals surface area contributed by atoms with Gasteiger partial charge in [-0.15, -0.1) is 11.3 Å². The van der Waals surface area contributed by atoms with Gasteiger partial charge >= 0.3 is 0 Å². The Balaban J connectivity index is 2.11. The van der Waals surface area contributed by atoms with Gasteiger partial charge in [-0.3, -0.25) is 4.79 Å². The highest BCUT2D eigenvalue weighted by molar-refractivity contribution is 7.09. The van der Waals surface area contributed by atoms with Crippen molar-refractivity contribution in [2.24, 2.45) is 10.9 Å². The van der Waals surface area contributed by atoms with Crippen LogP contribution in [0.3, 0.4) is 0 Å². The number of halogens is 1. The number of carbonyl (C=O) groups is 1. The van der Waals surface area contributed by atoms with Crippen LogP contribution in [0.2, 0.25) is 5.02 Å². The van der Waals surface area contributed by atoms with Gasteiger partial charge in [-0.25, -0.2) is 0 Å². The summed E-state index contributed by atoms with van der Waals surface area (Å²) in [7, 11) is 0. The van der Waals surface area contributed by atoms with E-state index in [0.717, 1.165) is 22.8 Å². The molecule has 1 saturated carbocycles. The summed E-state index contributed by atoms with van der Waals surface area (Å²) < 4.78 is 2.23. The highest BCUT2D eigenvalue weighted by Crippen LogP contribution is 2.33. The van der Waals surface area contributed by atoms with E-state index in [0.29, 0.717) is 10.6 Å². The Morgan fingerprint density at radius 2 is 2.00 bits per heavy atom. The van der Waals surface area contributed by atoms with Gasteiger partial charge in [0.2, 0.25) is 0 Å². The minimum Gasteiger partial charge on any atom is -0.320 e. The third-order valence-corrected chi connectivity index (χ3v) is 6.53. The van der Waals surface area contributed by atoms with Crippen LogP contribution in [-0.2, 0) is 12.0 Å². The van der Waals surface area contributed by atoms with Gasteiger partial charge in [0.1, 0.15) is 0 Å². The van der Waals surface area contributed by atoms with E-state index >= 15 is 0 Å². The second-order valence-corrected chi connectivity index (χ2v) is 9.34. The van der Waals surface area contributed by atoms with E-state index in [1.165, 1.54) is 23.4 Å². The van der Waals surface area contributed by atoms with Crippen LogP contribution in [0, 0.1) is 19.8 Å². The fourth-order valence-electron chi connectivity index (χ4n) is 3.08. The molecule has 3 rings (SSSR count). The fourth-order valence-corrected chi connectivity index (χ4v) is 4.58. The zero-order chi connectivity index (χ0) is 18.4. The quantitative estimate of drug-likeness (QED) is 0.718. The molecule has 1 aromatic heterocycles. The second-order valence-electron chi connectivity index (χ2n) is 7.95. The third-order valence-electron chi connectivity index (χ3n) is 4.61. The van der Waals surface area contributed by atoms with Gasteiger partial charge in [0, 0.05) is 17.1 Å². The predicted molar refractivity (Wildman–Crippen MR) is 105 cm³/mol. The first-order chi connectivity index (χ1) is 11.7. The number of carbonyl (C=O) groups excluding carboxylic acids is 1. The lowest BCUT2D eigenvalue weighted by Gasteiger charge is -2.17. The minimum atomic E-state index is -0.255. The van der Waals surface area contributed by atoms with E-state index in [2.05, 4.69) is 37.3 Å². The van der Waals surface area contributed by atoms with Crippen molar-refractivity contribution in [3.05, 3.63) is 49.7 Å². The Kier molecular flexibility index (Phi) is 4.95. The van der Waals surface area contributed by atoms with Crippen LogP contribution in [0.1, 0.15) is 60.1 Å². The maximum Gasteiger partial charge on any atom is 0.281 e. The molecule has 1 aliphatic rings. The molecule has 1 aliphatic carbocycles. The molecule has 0 radical (unpaired) electrons. The number of hydrogen-bond donors (Lipinski definition) is 0. The number of nitrogens with zero attached hydrogens (tertiary/aromatic N) is 2. The SMILES string of the molecule is Cc1cccc(Cl)c1C(=O)/N=c1\sc(C(C)(C)C)c(C)n1CC1CC1. The highest BCUT2D eigenvalue weighted by atomic mass is 35.5. The topological polar surface area (TPSA) is 34.4 Å². The summed E-state index contributed by atoms with van der Waals surface area (Å²) in [6.45, 7) is 11.6. The van der Waals surface area contributed by atoms with Gasteiger partial charge in [-0.2, -0.15) is 4.99 Å². The molecule has 5 heteroatoms. The lowest BCUT2D eigenvalue weighted by Crippen LogP contribution is -2.20. The number of hydrogen-bond acceptors (Lipinski definition) is 2. The van der Waals surface area contributed by atoms with Crippen molar-refractivity contribution in [2.45, 2.75) is 59.4 Å². The Hall–Kier alpha value is -1.39. The molecule has 0 N–H and O–H groups in total. The van der Waals surface area contributed by atoms with Crippen LogP contribution >= 0.6 is 22.9 Å². The molecule has 1 fully saturated rings. The molecule has 134 valence electrons. The average molecular weight is 377 g/mol. The molecule has 0 spiro atoms. The lowest BCUT2D eigenvalue weighted by atomic mass is 9.93. The summed E-state index contributed by atoms with van der Waals surface area (Å²) in [5, 5.41) is 0.465. The van der Waals surface area contributed by atoms with E-state index < -0.39 is 0 Å². The maximum atomic E-state index is 12.8. The summed E-state index contributed by atoms with van der Waals surface area (Å²) in [5.74, 6) is 0.464. The van der Waals surface area contributed by atoms with Crippen LogP contribution in [0.4, 0.5) is 0 Å². The summed E-state index contributed by atoms with van der Waals surface area (Å²) in [4.78, 5) is 19.4. The van der Waals surface area contributed by atoms with Crippen LogP contribution in [0.5, 0.6) is 0 Å². The number of aromatic nitrogens is 1. The molecule has 0 atom stereocenters. The molecule has 0 unspecified atom stereocenters. The second kappa shape index (κ2) is 6.73. The van der Waals surface area contributed by atoms with E-state index in [-0.39, 0.29) is 11.3 Å². The van der Waals surface area contributed by atoms with Crippen molar-refractivity contribution in [3.8, 4) is 0 Å². The zero-order valence-electron chi connectivity index (χ0n) is 15.5.